The summed E-state index contributed by atoms with van der Waals surface area (Å²) < 4.78 is 5.39. The van der Waals surface area contributed by atoms with Crippen molar-refractivity contribution in [3.05, 3.63) is 59.8 Å². The first-order valence-electron chi connectivity index (χ1n) is 7.67. The van der Waals surface area contributed by atoms with Crippen LogP contribution in [0.15, 0.2) is 48.5 Å². The van der Waals surface area contributed by atoms with Crippen LogP contribution < -0.4 is 10.1 Å². The van der Waals surface area contributed by atoms with E-state index < -0.39 is 0 Å². The molecule has 0 saturated carbocycles. The minimum absolute atomic E-state index is 0.144. The van der Waals surface area contributed by atoms with Gasteiger partial charge in [0.05, 0.1) is 6.42 Å². The molecule has 0 atom stereocenters. The largest absolute Gasteiger partial charge is 0.426 e. The summed E-state index contributed by atoms with van der Waals surface area (Å²) >= 11 is 0. The van der Waals surface area contributed by atoms with Gasteiger partial charge in [-0.2, -0.15) is 0 Å². The SMILES string of the molecule is CC(=O)Nc1ccc(OC(=O)Cc2c(C)[nH]c3ccccc23)cc1. The predicted octanol–water partition coefficient (Wildman–Crippen LogP) is 3.58. The number of amides is 1. The van der Waals surface area contributed by atoms with E-state index in [1.54, 1.807) is 24.3 Å². The molecule has 0 fully saturated rings. The number of ether oxygens (including phenoxy) is 1. The van der Waals surface area contributed by atoms with Crippen molar-refractivity contribution in [3.8, 4) is 5.75 Å². The number of para-hydroxylation sites is 1. The van der Waals surface area contributed by atoms with Gasteiger partial charge in [0, 0.05) is 29.2 Å². The molecule has 0 unspecified atom stereocenters. The van der Waals surface area contributed by atoms with Gasteiger partial charge < -0.3 is 15.0 Å². The van der Waals surface area contributed by atoms with Crippen LogP contribution in [0.3, 0.4) is 0 Å². The Balaban J connectivity index is 1.71. The number of nitrogens with one attached hydrogen (secondary N) is 2. The maximum atomic E-state index is 12.2. The lowest BCUT2D eigenvalue weighted by molar-refractivity contribution is -0.133. The van der Waals surface area contributed by atoms with Crippen LogP contribution >= 0.6 is 0 Å². The Morgan fingerprint density at radius 2 is 1.79 bits per heavy atom. The minimum Gasteiger partial charge on any atom is -0.426 e. The molecule has 2 aromatic carbocycles. The normalized spacial score (nSPS) is 10.6. The van der Waals surface area contributed by atoms with E-state index in [2.05, 4.69) is 10.3 Å². The number of benzene rings is 2. The molecule has 3 rings (SSSR count). The lowest BCUT2D eigenvalue weighted by Crippen LogP contribution is -2.12. The number of carbonyl (C=O) groups excluding carboxylic acids is 2. The van der Waals surface area contributed by atoms with Gasteiger partial charge in [-0.25, -0.2) is 0 Å². The minimum atomic E-state index is -0.324. The number of rotatable bonds is 4. The molecule has 0 aliphatic carbocycles. The lowest BCUT2D eigenvalue weighted by atomic mass is 10.1. The number of H-pyrrole nitrogens is 1. The van der Waals surface area contributed by atoms with Gasteiger partial charge in [-0.3, -0.25) is 9.59 Å². The van der Waals surface area contributed by atoms with E-state index >= 15 is 0 Å². The Morgan fingerprint density at radius 3 is 2.50 bits per heavy atom. The van der Waals surface area contributed by atoms with Crippen LogP contribution in [-0.4, -0.2) is 16.9 Å². The average Bonchev–Trinajstić information content (AvgIpc) is 2.85. The maximum Gasteiger partial charge on any atom is 0.315 e. The van der Waals surface area contributed by atoms with E-state index in [0.29, 0.717) is 11.4 Å². The molecule has 1 heterocycles. The number of anilines is 1. The second-order valence-electron chi connectivity index (χ2n) is 5.63. The van der Waals surface area contributed by atoms with Crippen LogP contribution in [0, 0.1) is 6.92 Å². The number of aryl methyl sites for hydroxylation is 1. The van der Waals surface area contributed by atoms with E-state index in [4.69, 9.17) is 4.74 Å². The summed E-state index contributed by atoms with van der Waals surface area (Å²) in [4.78, 5) is 26.5. The van der Waals surface area contributed by atoms with Gasteiger partial charge in [-0.1, -0.05) is 18.2 Å². The molecular weight excluding hydrogens is 304 g/mol. The van der Waals surface area contributed by atoms with Crippen molar-refractivity contribution in [2.24, 2.45) is 0 Å². The highest BCUT2D eigenvalue weighted by Crippen LogP contribution is 2.23. The van der Waals surface area contributed by atoms with Crippen LogP contribution in [0.5, 0.6) is 5.75 Å². The van der Waals surface area contributed by atoms with E-state index in [1.165, 1.54) is 6.92 Å². The van der Waals surface area contributed by atoms with E-state index in [0.717, 1.165) is 22.2 Å². The highest BCUT2D eigenvalue weighted by Gasteiger charge is 2.13. The first-order valence-corrected chi connectivity index (χ1v) is 7.67. The van der Waals surface area contributed by atoms with Gasteiger partial charge in [0.25, 0.3) is 0 Å². The number of fused-ring (bicyclic) bond motifs is 1. The standard InChI is InChI=1S/C19H18N2O3/c1-12-17(16-5-3-4-6-18(16)20-12)11-19(23)24-15-9-7-14(8-10-15)21-13(2)22/h3-10,20H,11H2,1-2H3,(H,21,22). The highest BCUT2D eigenvalue weighted by molar-refractivity contribution is 5.90. The van der Waals surface area contributed by atoms with Crippen LogP contribution in [0.4, 0.5) is 5.69 Å². The number of carbonyl (C=O) groups is 2. The number of hydrogen-bond acceptors (Lipinski definition) is 3. The van der Waals surface area contributed by atoms with Crippen LogP contribution in [-0.2, 0) is 16.0 Å². The van der Waals surface area contributed by atoms with Crippen molar-refractivity contribution >= 4 is 28.5 Å². The zero-order valence-electron chi connectivity index (χ0n) is 13.6. The number of aromatic amines is 1. The third kappa shape index (κ3) is 3.46. The first kappa shape index (κ1) is 15.8. The molecule has 0 saturated heterocycles. The van der Waals surface area contributed by atoms with Gasteiger partial charge in [0.1, 0.15) is 5.75 Å². The quantitative estimate of drug-likeness (QED) is 0.569. The second-order valence-corrected chi connectivity index (χ2v) is 5.63. The Labute approximate surface area is 139 Å². The van der Waals surface area contributed by atoms with Crippen molar-refractivity contribution in [1.29, 1.82) is 0 Å². The van der Waals surface area contributed by atoms with Crippen molar-refractivity contribution in [3.63, 3.8) is 0 Å². The smallest absolute Gasteiger partial charge is 0.315 e. The van der Waals surface area contributed by atoms with Crippen LogP contribution in [0.1, 0.15) is 18.2 Å². The predicted molar refractivity (Wildman–Crippen MR) is 93.1 cm³/mol. The van der Waals surface area contributed by atoms with Crippen molar-refractivity contribution in [2.75, 3.05) is 5.32 Å². The number of esters is 1. The monoisotopic (exact) mass is 322 g/mol. The fourth-order valence-electron chi connectivity index (χ4n) is 2.68. The molecule has 0 aliphatic heterocycles. The zero-order valence-corrected chi connectivity index (χ0v) is 13.6. The topological polar surface area (TPSA) is 71.2 Å². The fourth-order valence-corrected chi connectivity index (χ4v) is 2.68. The molecule has 0 spiro atoms. The van der Waals surface area contributed by atoms with Crippen molar-refractivity contribution in [1.82, 2.24) is 4.98 Å². The van der Waals surface area contributed by atoms with E-state index in [9.17, 15) is 9.59 Å². The van der Waals surface area contributed by atoms with Crippen LogP contribution in [0.2, 0.25) is 0 Å². The number of aromatic nitrogens is 1. The van der Waals surface area contributed by atoms with E-state index in [-0.39, 0.29) is 18.3 Å². The molecule has 5 nitrogen and oxygen atoms in total. The Morgan fingerprint density at radius 1 is 1.08 bits per heavy atom. The molecule has 24 heavy (non-hydrogen) atoms. The molecule has 1 amide bonds. The summed E-state index contributed by atoms with van der Waals surface area (Å²) in [7, 11) is 0. The highest BCUT2D eigenvalue weighted by atomic mass is 16.5. The number of hydrogen-bond donors (Lipinski definition) is 2. The van der Waals surface area contributed by atoms with Gasteiger partial charge in [-0.15, -0.1) is 0 Å². The average molecular weight is 322 g/mol. The van der Waals surface area contributed by atoms with Gasteiger partial charge in [0.15, 0.2) is 0 Å². The molecule has 0 aliphatic rings. The molecule has 122 valence electrons. The maximum absolute atomic E-state index is 12.2. The van der Waals surface area contributed by atoms with Crippen molar-refractivity contribution in [2.45, 2.75) is 20.3 Å². The summed E-state index contributed by atoms with van der Waals surface area (Å²) in [5, 5.41) is 3.70. The fraction of sp³-hybridized carbons (Fsp3) is 0.158. The lowest BCUT2D eigenvalue weighted by Gasteiger charge is -2.06. The first-order chi connectivity index (χ1) is 11.5. The Bertz CT molecular complexity index is 895. The third-order valence-electron chi connectivity index (χ3n) is 3.75. The summed E-state index contributed by atoms with van der Waals surface area (Å²) in [6.07, 6.45) is 0.198. The van der Waals surface area contributed by atoms with E-state index in [1.807, 2.05) is 31.2 Å². The third-order valence-corrected chi connectivity index (χ3v) is 3.75. The molecule has 5 heteroatoms. The molecule has 0 bridgehead atoms. The second kappa shape index (κ2) is 6.58. The van der Waals surface area contributed by atoms with Gasteiger partial charge >= 0.3 is 5.97 Å². The van der Waals surface area contributed by atoms with Crippen molar-refractivity contribution < 1.29 is 14.3 Å². The Hall–Kier alpha value is -3.08. The van der Waals surface area contributed by atoms with Gasteiger partial charge in [-0.05, 0) is 42.8 Å². The summed E-state index contributed by atoms with van der Waals surface area (Å²) in [5.74, 6) is -0.0173. The molecular formula is C19H18N2O3. The summed E-state index contributed by atoms with van der Waals surface area (Å²) in [5.41, 5.74) is 3.59. The zero-order chi connectivity index (χ0) is 17.1. The molecule has 1 aromatic heterocycles. The van der Waals surface area contributed by atoms with Crippen LogP contribution in [0.25, 0.3) is 10.9 Å². The summed E-state index contributed by atoms with van der Waals surface area (Å²) in [6.45, 7) is 3.39. The molecule has 0 radical (unpaired) electrons. The Kier molecular flexibility index (Phi) is 4.33. The summed E-state index contributed by atoms with van der Waals surface area (Å²) in [6, 6.07) is 14.6. The molecule has 3 aromatic rings. The van der Waals surface area contributed by atoms with Gasteiger partial charge in [0.2, 0.25) is 5.91 Å². The molecule has 2 N–H and O–H groups in total.